The van der Waals surface area contributed by atoms with Gasteiger partial charge in [-0.2, -0.15) is 4.39 Å². The van der Waals surface area contributed by atoms with Crippen molar-refractivity contribution in [3.63, 3.8) is 0 Å². The lowest BCUT2D eigenvalue weighted by Gasteiger charge is -2.05. The number of pyridine rings is 1. The molecule has 0 unspecified atom stereocenters. The quantitative estimate of drug-likeness (QED) is 0.805. The molecule has 0 spiro atoms. The highest BCUT2D eigenvalue weighted by Crippen LogP contribution is 2.25. The molecule has 2 aromatic heterocycles. The van der Waals surface area contributed by atoms with Gasteiger partial charge in [0.25, 0.3) is 5.95 Å². The first kappa shape index (κ1) is 10.6. The lowest BCUT2D eigenvalue weighted by molar-refractivity contribution is 0.286. The van der Waals surface area contributed by atoms with E-state index in [1.807, 2.05) is 11.4 Å². The summed E-state index contributed by atoms with van der Waals surface area (Å²) in [6, 6.07) is 5.13. The summed E-state index contributed by atoms with van der Waals surface area (Å²) in [7, 11) is 0. The summed E-state index contributed by atoms with van der Waals surface area (Å²) < 4.78 is 19.4. The van der Waals surface area contributed by atoms with Crippen LogP contribution in [0, 0.1) is 5.95 Å². The van der Waals surface area contributed by atoms with Crippen molar-refractivity contribution in [3.8, 4) is 5.75 Å². The standard InChI is InChI=1S/C10H7BrFNOS/c11-9-7(3-5-15-9)6-14-8-2-1-4-13-10(8)12/h1-5H,6H2. The molecule has 0 bridgehead atoms. The number of rotatable bonds is 3. The largest absolute Gasteiger partial charge is 0.484 e. The molecule has 2 nitrogen and oxygen atoms in total. The molecule has 0 atom stereocenters. The normalized spacial score (nSPS) is 10.3. The number of ether oxygens (including phenoxy) is 1. The first-order valence-corrected chi connectivity index (χ1v) is 5.90. The summed E-state index contributed by atoms with van der Waals surface area (Å²) in [5, 5.41) is 1.95. The van der Waals surface area contributed by atoms with E-state index < -0.39 is 5.95 Å². The fourth-order valence-electron chi connectivity index (χ4n) is 1.06. The number of nitrogens with zero attached hydrogens (tertiary/aromatic N) is 1. The van der Waals surface area contributed by atoms with E-state index in [4.69, 9.17) is 4.74 Å². The summed E-state index contributed by atoms with van der Waals surface area (Å²) in [4.78, 5) is 3.50. The average molecular weight is 288 g/mol. The molecule has 2 heterocycles. The van der Waals surface area contributed by atoms with E-state index in [-0.39, 0.29) is 5.75 Å². The molecule has 0 aliphatic carbocycles. The molecule has 5 heteroatoms. The third kappa shape index (κ3) is 2.54. The second kappa shape index (κ2) is 4.72. The van der Waals surface area contributed by atoms with Crippen LogP contribution in [-0.4, -0.2) is 4.98 Å². The van der Waals surface area contributed by atoms with Gasteiger partial charge in [-0.15, -0.1) is 11.3 Å². The predicted octanol–water partition coefficient (Wildman–Crippen LogP) is 3.62. The van der Waals surface area contributed by atoms with Crippen molar-refractivity contribution in [1.29, 1.82) is 0 Å². The zero-order valence-electron chi connectivity index (χ0n) is 7.61. The van der Waals surface area contributed by atoms with Gasteiger partial charge in [-0.25, -0.2) is 4.98 Å². The van der Waals surface area contributed by atoms with E-state index >= 15 is 0 Å². The Morgan fingerprint density at radius 2 is 2.33 bits per heavy atom. The van der Waals surface area contributed by atoms with Crippen LogP contribution in [0.3, 0.4) is 0 Å². The second-order valence-corrected chi connectivity index (χ2v) is 5.03. The molecule has 78 valence electrons. The zero-order chi connectivity index (χ0) is 10.7. The Morgan fingerprint density at radius 1 is 1.47 bits per heavy atom. The number of hydrogen-bond acceptors (Lipinski definition) is 3. The van der Waals surface area contributed by atoms with Crippen LogP contribution in [0.1, 0.15) is 5.56 Å². The van der Waals surface area contributed by atoms with Gasteiger partial charge in [0.1, 0.15) is 6.61 Å². The Bertz CT molecular complexity index is 460. The smallest absolute Gasteiger partial charge is 0.255 e. The monoisotopic (exact) mass is 287 g/mol. The Kier molecular flexibility index (Phi) is 3.33. The van der Waals surface area contributed by atoms with Gasteiger partial charge in [0, 0.05) is 11.8 Å². The van der Waals surface area contributed by atoms with Crippen LogP contribution < -0.4 is 4.74 Å². The van der Waals surface area contributed by atoms with Crippen molar-refractivity contribution in [2.45, 2.75) is 6.61 Å². The van der Waals surface area contributed by atoms with Gasteiger partial charge in [-0.1, -0.05) is 0 Å². The molecule has 0 aromatic carbocycles. The topological polar surface area (TPSA) is 22.1 Å². The summed E-state index contributed by atoms with van der Waals surface area (Å²) in [6.07, 6.45) is 1.39. The summed E-state index contributed by atoms with van der Waals surface area (Å²) in [6.45, 7) is 0.340. The summed E-state index contributed by atoms with van der Waals surface area (Å²) in [5.41, 5.74) is 1.00. The molecule has 0 saturated carbocycles. The minimum absolute atomic E-state index is 0.176. The SMILES string of the molecule is Fc1ncccc1OCc1ccsc1Br. The van der Waals surface area contributed by atoms with E-state index in [0.29, 0.717) is 6.61 Å². The van der Waals surface area contributed by atoms with Crippen LogP contribution in [0.5, 0.6) is 5.75 Å². The zero-order valence-corrected chi connectivity index (χ0v) is 10.0. The van der Waals surface area contributed by atoms with Gasteiger partial charge in [0.15, 0.2) is 5.75 Å². The predicted molar refractivity (Wildman–Crippen MR) is 60.5 cm³/mol. The number of aromatic nitrogens is 1. The fourth-order valence-corrected chi connectivity index (χ4v) is 2.26. The molecule has 0 fully saturated rings. The van der Waals surface area contributed by atoms with E-state index in [1.165, 1.54) is 6.20 Å². The first-order chi connectivity index (χ1) is 7.27. The molecular formula is C10H7BrFNOS. The van der Waals surface area contributed by atoms with Gasteiger partial charge in [-0.3, -0.25) is 0 Å². The van der Waals surface area contributed by atoms with Crippen molar-refractivity contribution in [2.24, 2.45) is 0 Å². The second-order valence-electron chi connectivity index (χ2n) is 2.80. The summed E-state index contributed by atoms with van der Waals surface area (Å²) >= 11 is 4.96. The van der Waals surface area contributed by atoms with Gasteiger partial charge in [0.05, 0.1) is 3.79 Å². The third-order valence-electron chi connectivity index (χ3n) is 1.80. The molecule has 0 amide bonds. The van der Waals surface area contributed by atoms with Crippen LogP contribution in [-0.2, 0) is 6.61 Å². The fraction of sp³-hybridized carbons (Fsp3) is 0.100. The van der Waals surface area contributed by atoms with E-state index in [2.05, 4.69) is 20.9 Å². The lowest BCUT2D eigenvalue weighted by atomic mass is 10.4. The van der Waals surface area contributed by atoms with Crippen molar-refractivity contribution < 1.29 is 9.13 Å². The Morgan fingerprint density at radius 3 is 3.00 bits per heavy atom. The van der Waals surface area contributed by atoms with Crippen molar-refractivity contribution in [2.75, 3.05) is 0 Å². The molecule has 0 N–H and O–H groups in total. The molecule has 0 aliphatic heterocycles. The van der Waals surface area contributed by atoms with Crippen LogP contribution in [0.2, 0.25) is 0 Å². The highest BCUT2D eigenvalue weighted by Gasteiger charge is 2.05. The van der Waals surface area contributed by atoms with Crippen molar-refractivity contribution >= 4 is 27.3 Å². The maximum Gasteiger partial charge on any atom is 0.255 e. The van der Waals surface area contributed by atoms with Crippen LogP contribution in [0.4, 0.5) is 4.39 Å². The summed E-state index contributed by atoms with van der Waals surface area (Å²) in [5.74, 6) is -0.403. The van der Waals surface area contributed by atoms with Gasteiger partial charge in [-0.05, 0) is 39.5 Å². The van der Waals surface area contributed by atoms with E-state index in [0.717, 1.165) is 9.35 Å². The highest BCUT2D eigenvalue weighted by molar-refractivity contribution is 9.11. The van der Waals surface area contributed by atoms with Gasteiger partial charge >= 0.3 is 0 Å². The minimum atomic E-state index is -0.580. The lowest BCUT2D eigenvalue weighted by Crippen LogP contribution is -1.97. The highest BCUT2D eigenvalue weighted by atomic mass is 79.9. The van der Waals surface area contributed by atoms with Crippen LogP contribution >= 0.6 is 27.3 Å². The van der Waals surface area contributed by atoms with Crippen molar-refractivity contribution in [3.05, 3.63) is 45.1 Å². The molecule has 2 aromatic rings. The Balaban J connectivity index is 2.06. The molecular weight excluding hydrogens is 281 g/mol. The number of halogens is 2. The Labute approximate surface area is 98.9 Å². The van der Waals surface area contributed by atoms with Crippen LogP contribution in [0.15, 0.2) is 33.6 Å². The average Bonchev–Trinajstić information content (AvgIpc) is 2.63. The molecule has 0 aliphatic rings. The first-order valence-electron chi connectivity index (χ1n) is 4.22. The van der Waals surface area contributed by atoms with Gasteiger partial charge in [0.2, 0.25) is 0 Å². The number of thiophene rings is 1. The van der Waals surface area contributed by atoms with E-state index in [1.54, 1.807) is 23.5 Å². The minimum Gasteiger partial charge on any atom is -0.484 e. The number of hydrogen-bond donors (Lipinski definition) is 0. The van der Waals surface area contributed by atoms with Gasteiger partial charge < -0.3 is 4.74 Å². The van der Waals surface area contributed by atoms with Crippen molar-refractivity contribution in [1.82, 2.24) is 4.98 Å². The third-order valence-corrected chi connectivity index (χ3v) is 3.61. The van der Waals surface area contributed by atoms with E-state index in [9.17, 15) is 4.39 Å². The maximum absolute atomic E-state index is 13.1. The Hall–Kier alpha value is -0.940. The maximum atomic E-state index is 13.1. The molecule has 0 radical (unpaired) electrons. The molecule has 15 heavy (non-hydrogen) atoms. The molecule has 2 rings (SSSR count). The molecule has 0 saturated heterocycles. The van der Waals surface area contributed by atoms with Crippen LogP contribution in [0.25, 0.3) is 0 Å².